The van der Waals surface area contributed by atoms with E-state index in [4.69, 9.17) is 24.7 Å². The van der Waals surface area contributed by atoms with Crippen molar-refractivity contribution in [2.75, 3.05) is 21.3 Å². The summed E-state index contributed by atoms with van der Waals surface area (Å²) in [4.78, 5) is 17.7. The lowest BCUT2D eigenvalue weighted by Crippen LogP contribution is -1.88. The first-order valence-electron chi connectivity index (χ1n) is 5.35. The van der Waals surface area contributed by atoms with Gasteiger partial charge in [-0.25, -0.2) is 0 Å². The molecule has 0 fully saturated rings. The Kier molecular flexibility index (Phi) is 12.2. The summed E-state index contributed by atoms with van der Waals surface area (Å²) in [6.07, 6.45) is 0.222. The molecule has 1 N–H and O–H groups in total. The van der Waals surface area contributed by atoms with Gasteiger partial charge in [0.25, 0.3) is 0 Å². The summed E-state index contributed by atoms with van der Waals surface area (Å²) in [5.41, 5.74) is 0. The summed E-state index contributed by atoms with van der Waals surface area (Å²) in [6.45, 7) is 1.60. The van der Waals surface area contributed by atoms with Gasteiger partial charge in [0.1, 0.15) is 0 Å². The van der Waals surface area contributed by atoms with Crippen LogP contribution in [-0.4, -0.2) is 37.3 Å². The van der Waals surface area contributed by atoms with Crippen molar-refractivity contribution in [2.45, 2.75) is 13.3 Å². The Morgan fingerprint density at radius 3 is 1.68 bits per heavy atom. The van der Waals surface area contributed by atoms with Gasteiger partial charge in [0.15, 0.2) is 18.5 Å². The molecule has 1 aromatic carbocycles. The Morgan fingerprint density at radius 1 is 1.26 bits per heavy atom. The monoisotopic (exact) mass is 273 g/mol. The topological polar surface area (TPSA) is 98.9 Å². The maximum Gasteiger partial charge on any atom is 0.303 e. The Morgan fingerprint density at radius 2 is 1.53 bits per heavy atom. The summed E-state index contributed by atoms with van der Waals surface area (Å²) in [6, 6.07) is 7.53. The van der Waals surface area contributed by atoms with Crippen LogP contribution in [0.4, 0.5) is 0 Å². The van der Waals surface area contributed by atoms with Gasteiger partial charge < -0.3 is 14.6 Å². The Hall–Kier alpha value is -2.31. The molecule has 0 saturated carbocycles. The minimum absolute atomic E-state index is 0.222. The lowest BCUT2D eigenvalue weighted by molar-refractivity contribution is -0.445. The number of hydrogen-bond donors (Lipinski definition) is 1. The van der Waals surface area contributed by atoms with E-state index >= 15 is 0 Å². The third kappa shape index (κ3) is 13.6. The number of carboxylic acids is 1. The molecule has 0 amide bonds. The van der Waals surface area contributed by atoms with Crippen LogP contribution >= 0.6 is 0 Å². The van der Waals surface area contributed by atoms with Crippen LogP contribution in [0.3, 0.4) is 0 Å². The fourth-order valence-corrected chi connectivity index (χ4v) is 0.787. The number of carboxylic acid groups (broad SMARTS) is 1. The summed E-state index contributed by atoms with van der Waals surface area (Å²) < 4.78 is 10.0. The molecule has 1 rings (SSSR count). The third-order valence-corrected chi connectivity index (χ3v) is 1.59. The number of methoxy groups -OCH3 is 2. The fraction of sp³-hybridized carbons (Fsp3) is 0.417. The van der Waals surface area contributed by atoms with Crippen LogP contribution in [0.1, 0.15) is 13.3 Å². The van der Waals surface area contributed by atoms with Crippen LogP contribution in [0.2, 0.25) is 0 Å². The van der Waals surface area contributed by atoms with Crippen LogP contribution < -0.4 is 9.47 Å². The van der Waals surface area contributed by atoms with Crippen LogP contribution in [0.5, 0.6) is 11.5 Å². The second-order valence-electron chi connectivity index (χ2n) is 3.04. The van der Waals surface area contributed by atoms with E-state index in [1.807, 2.05) is 24.3 Å². The summed E-state index contributed by atoms with van der Waals surface area (Å²) in [7, 11) is 4.13. The van der Waals surface area contributed by atoms with Crippen molar-refractivity contribution in [2.24, 2.45) is 0 Å². The quantitative estimate of drug-likeness (QED) is 0.668. The molecule has 0 bridgehead atoms. The third-order valence-electron chi connectivity index (χ3n) is 1.59. The average molecular weight is 273 g/mol. The summed E-state index contributed by atoms with van der Waals surface area (Å²) >= 11 is 0. The second kappa shape index (κ2) is 12.2. The molecular weight excluding hydrogens is 254 g/mol. The van der Waals surface area contributed by atoms with Gasteiger partial charge in [-0.1, -0.05) is 19.1 Å². The normalized spacial score (nSPS) is 8.00. The number of aliphatic carboxylic acids is 1. The van der Waals surface area contributed by atoms with Gasteiger partial charge in [-0.2, -0.15) is 0 Å². The van der Waals surface area contributed by atoms with Gasteiger partial charge in [-0.15, -0.1) is 0 Å². The molecule has 108 valence electrons. The lowest BCUT2D eigenvalue weighted by Gasteiger charge is -2.04. The molecule has 0 heterocycles. The zero-order valence-corrected chi connectivity index (χ0v) is 11.5. The van der Waals surface area contributed by atoms with Crippen molar-refractivity contribution < 1.29 is 24.3 Å². The van der Waals surface area contributed by atoms with Crippen molar-refractivity contribution >= 4 is 5.97 Å². The van der Waals surface area contributed by atoms with E-state index in [0.29, 0.717) is 0 Å². The van der Waals surface area contributed by atoms with E-state index in [-0.39, 0.29) is 6.42 Å². The highest BCUT2D eigenvalue weighted by atomic mass is 16.6. The van der Waals surface area contributed by atoms with Gasteiger partial charge in [-0.3, -0.25) is 14.9 Å². The fourth-order valence-electron chi connectivity index (χ4n) is 0.787. The van der Waals surface area contributed by atoms with Crippen molar-refractivity contribution in [3.8, 4) is 11.5 Å². The zero-order valence-electron chi connectivity index (χ0n) is 11.5. The minimum atomic E-state index is -0.745. The predicted molar refractivity (Wildman–Crippen MR) is 70.4 cm³/mol. The molecular formula is C12H19NO6. The van der Waals surface area contributed by atoms with Crippen LogP contribution in [-0.2, 0) is 4.79 Å². The molecule has 0 aliphatic carbocycles. The number of nitrogens with zero attached hydrogens (tertiary/aromatic N) is 1. The Bertz CT molecular complexity index is 353. The molecule has 0 aliphatic heterocycles. The van der Waals surface area contributed by atoms with Gasteiger partial charge in [0.05, 0.1) is 14.2 Å². The van der Waals surface area contributed by atoms with E-state index < -0.39 is 10.9 Å². The first kappa shape index (κ1) is 19.0. The van der Waals surface area contributed by atoms with E-state index in [1.165, 1.54) is 0 Å². The molecule has 0 unspecified atom stereocenters. The first-order valence-corrected chi connectivity index (χ1v) is 5.35. The summed E-state index contributed by atoms with van der Waals surface area (Å²) in [5, 5.41) is 16.5. The number of hydrogen-bond acceptors (Lipinski definition) is 5. The number of nitro groups is 1. The van der Waals surface area contributed by atoms with E-state index in [0.717, 1.165) is 18.5 Å². The highest BCUT2D eigenvalue weighted by molar-refractivity contribution is 5.66. The maximum atomic E-state index is 9.37. The van der Waals surface area contributed by atoms with E-state index in [2.05, 4.69) is 0 Å². The largest absolute Gasteiger partial charge is 0.493 e. The van der Waals surface area contributed by atoms with Crippen LogP contribution in [0.25, 0.3) is 0 Å². The Labute approximate surface area is 111 Å². The number of rotatable bonds is 3. The van der Waals surface area contributed by atoms with Gasteiger partial charge >= 0.3 is 5.97 Å². The molecule has 7 heteroatoms. The standard InChI is InChI=1S/C8H10O2.C3H6O2.CH3NO2/c1-9-7-5-3-4-6-8(7)10-2;1-2-3(4)5;1-2(3)4/h3-6H,1-2H3;2H2,1H3,(H,4,5);1H3. The number of benzene rings is 1. The predicted octanol–water partition coefficient (Wildman–Crippen LogP) is 2.08. The van der Waals surface area contributed by atoms with Crippen molar-refractivity contribution in [1.29, 1.82) is 0 Å². The van der Waals surface area contributed by atoms with Crippen molar-refractivity contribution in [3.63, 3.8) is 0 Å². The van der Waals surface area contributed by atoms with Crippen LogP contribution in [0.15, 0.2) is 24.3 Å². The molecule has 0 spiro atoms. The molecule has 0 aromatic heterocycles. The van der Waals surface area contributed by atoms with Crippen molar-refractivity contribution in [3.05, 3.63) is 34.4 Å². The minimum Gasteiger partial charge on any atom is -0.493 e. The van der Waals surface area contributed by atoms with Gasteiger partial charge in [0, 0.05) is 11.3 Å². The zero-order chi connectivity index (χ0) is 15.3. The molecule has 19 heavy (non-hydrogen) atoms. The Balaban J connectivity index is 0. The van der Waals surface area contributed by atoms with Gasteiger partial charge in [-0.05, 0) is 12.1 Å². The summed E-state index contributed by atoms with van der Waals surface area (Å²) in [5.74, 6) is 0.792. The SMILES string of the molecule is CCC(=O)O.COc1ccccc1OC.C[N+](=O)[O-]. The number of carbonyl (C=O) groups is 1. The molecule has 0 atom stereocenters. The molecule has 0 aliphatic rings. The molecule has 0 saturated heterocycles. The van der Waals surface area contributed by atoms with Gasteiger partial charge in [0.2, 0.25) is 0 Å². The van der Waals surface area contributed by atoms with E-state index in [1.54, 1.807) is 21.1 Å². The number of ether oxygens (including phenoxy) is 2. The maximum absolute atomic E-state index is 9.37. The average Bonchev–Trinajstić information content (AvgIpc) is 2.38. The highest BCUT2D eigenvalue weighted by Gasteiger charge is 1.97. The van der Waals surface area contributed by atoms with Crippen molar-refractivity contribution in [1.82, 2.24) is 0 Å². The molecule has 0 radical (unpaired) electrons. The lowest BCUT2D eigenvalue weighted by atomic mass is 10.3. The van der Waals surface area contributed by atoms with E-state index in [9.17, 15) is 4.79 Å². The smallest absolute Gasteiger partial charge is 0.303 e. The first-order chi connectivity index (χ1) is 8.88. The molecule has 7 nitrogen and oxygen atoms in total. The molecule has 1 aromatic rings. The second-order valence-corrected chi connectivity index (χ2v) is 3.04. The number of para-hydroxylation sites is 2. The van der Waals surface area contributed by atoms with Crippen LogP contribution in [0, 0.1) is 10.1 Å². The highest BCUT2D eigenvalue weighted by Crippen LogP contribution is 2.24.